The smallest absolute Gasteiger partial charge is 0.320 e. The Balaban J connectivity index is 2.49. The molecule has 1 unspecified atom stereocenters. The van der Waals surface area contributed by atoms with Crippen LogP contribution < -0.4 is 5.32 Å². The third-order valence-corrected chi connectivity index (χ3v) is 2.07. The van der Waals surface area contributed by atoms with Gasteiger partial charge in [-0.1, -0.05) is 29.8 Å². The molecule has 1 aromatic rings. The van der Waals surface area contributed by atoms with Crippen molar-refractivity contribution in [2.75, 3.05) is 0 Å². The quantitative estimate of drug-likeness (QED) is 0.763. The SMILES string of the molecule is Cc1cccc(CNC(C)C(=O)O)c1. The fourth-order valence-corrected chi connectivity index (χ4v) is 1.18. The average Bonchev–Trinajstić information content (AvgIpc) is 2.14. The summed E-state index contributed by atoms with van der Waals surface area (Å²) in [7, 11) is 0. The summed E-state index contributed by atoms with van der Waals surface area (Å²) in [6.45, 7) is 4.25. The van der Waals surface area contributed by atoms with Crippen molar-refractivity contribution in [3.8, 4) is 0 Å². The van der Waals surface area contributed by atoms with Crippen molar-refractivity contribution >= 4 is 5.97 Å². The molecule has 3 nitrogen and oxygen atoms in total. The molecule has 0 saturated carbocycles. The summed E-state index contributed by atoms with van der Waals surface area (Å²) in [4.78, 5) is 10.5. The molecule has 0 amide bonds. The summed E-state index contributed by atoms with van der Waals surface area (Å²) < 4.78 is 0. The van der Waals surface area contributed by atoms with Gasteiger partial charge in [-0.25, -0.2) is 0 Å². The van der Waals surface area contributed by atoms with E-state index in [2.05, 4.69) is 5.32 Å². The van der Waals surface area contributed by atoms with Crippen molar-refractivity contribution in [2.45, 2.75) is 26.4 Å². The van der Waals surface area contributed by atoms with E-state index in [-0.39, 0.29) is 0 Å². The van der Waals surface area contributed by atoms with Gasteiger partial charge in [0, 0.05) is 6.54 Å². The highest BCUT2D eigenvalue weighted by atomic mass is 16.4. The molecule has 2 N–H and O–H groups in total. The fraction of sp³-hybridized carbons (Fsp3) is 0.364. The molecule has 1 atom stereocenters. The zero-order chi connectivity index (χ0) is 10.6. The number of aliphatic carboxylic acids is 1. The van der Waals surface area contributed by atoms with E-state index < -0.39 is 12.0 Å². The van der Waals surface area contributed by atoms with Crippen LogP contribution in [0.3, 0.4) is 0 Å². The first-order valence-electron chi connectivity index (χ1n) is 4.61. The van der Waals surface area contributed by atoms with Gasteiger partial charge in [0.05, 0.1) is 0 Å². The second-order valence-corrected chi connectivity index (χ2v) is 3.43. The highest BCUT2D eigenvalue weighted by molar-refractivity contribution is 5.72. The molecule has 0 aromatic heterocycles. The molecule has 0 aliphatic rings. The molecule has 14 heavy (non-hydrogen) atoms. The van der Waals surface area contributed by atoms with Gasteiger partial charge in [-0.3, -0.25) is 4.79 Å². The number of carboxylic acid groups (broad SMARTS) is 1. The minimum atomic E-state index is -0.822. The van der Waals surface area contributed by atoms with Crippen LogP contribution in [-0.2, 0) is 11.3 Å². The summed E-state index contributed by atoms with van der Waals surface area (Å²) in [5.74, 6) is -0.822. The Morgan fingerprint density at radius 1 is 1.57 bits per heavy atom. The van der Waals surface area contributed by atoms with Gasteiger partial charge in [-0.05, 0) is 19.4 Å². The van der Waals surface area contributed by atoms with Crippen molar-refractivity contribution in [1.82, 2.24) is 5.32 Å². The van der Waals surface area contributed by atoms with Gasteiger partial charge in [0.1, 0.15) is 6.04 Å². The summed E-state index contributed by atoms with van der Waals surface area (Å²) in [6, 6.07) is 7.51. The van der Waals surface area contributed by atoms with Crippen LogP contribution in [0.25, 0.3) is 0 Å². The lowest BCUT2D eigenvalue weighted by Gasteiger charge is -2.09. The van der Waals surface area contributed by atoms with E-state index in [9.17, 15) is 4.79 Å². The number of benzene rings is 1. The van der Waals surface area contributed by atoms with Crippen LogP contribution in [0, 0.1) is 6.92 Å². The predicted molar refractivity (Wildman–Crippen MR) is 55.1 cm³/mol. The molecule has 0 saturated heterocycles. The van der Waals surface area contributed by atoms with E-state index in [1.165, 1.54) is 5.56 Å². The molecule has 76 valence electrons. The summed E-state index contributed by atoms with van der Waals surface area (Å²) in [5.41, 5.74) is 2.30. The van der Waals surface area contributed by atoms with Crippen LogP contribution in [0.4, 0.5) is 0 Å². The average molecular weight is 193 g/mol. The first-order valence-corrected chi connectivity index (χ1v) is 4.61. The largest absolute Gasteiger partial charge is 0.480 e. The normalized spacial score (nSPS) is 12.4. The van der Waals surface area contributed by atoms with Crippen LogP contribution in [0.2, 0.25) is 0 Å². The number of carbonyl (C=O) groups is 1. The van der Waals surface area contributed by atoms with Crippen LogP contribution in [0.1, 0.15) is 18.1 Å². The lowest BCUT2D eigenvalue weighted by atomic mass is 10.1. The van der Waals surface area contributed by atoms with Gasteiger partial charge in [0.2, 0.25) is 0 Å². The maximum absolute atomic E-state index is 10.5. The number of aryl methyl sites for hydroxylation is 1. The van der Waals surface area contributed by atoms with E-state index in [1.807, 2.05) is 31.2 Å². The van der Waals surface area contributed by atoms with Crippen LogP contribution in [0.5, 0.6) is 0 Å². The van der Waals surface area contributed by atoms with Crippen molar-refractivity contribution in [3.63, 3.8) is 0 Å². The van der Waals surface area contributed by atoms with Crippen LogP contribution in [-0.4, -0.2) is 17.1 Å². The lowest BCUT2D eigenvalue weighted by Crippen LogP contribution is -2.33. The van der Waals surface area contributed by atoms with Gasteiger partial charge in [0.25, 0.3) is 0 Å². The Kier molecular flexibility index (Phi) is 3.65. The van der Waals surface area contributed by atoms with Gasteiger partial charge in [-0.15, -0.1) is 0 Å². The molecule has 0 fully saturated rings. The van der Waals surface area contributed by atoms with Crippen LogP contribution >= 0.6 is 0 Å². The molecule has 3 heteroatoms. The molecule has 0 bridgehead atoms. The molecule has 1 rings (SSSR count). The number of rotatable bonds is 4. The topological polar surface area (TPSA) is 49.3 Å². The zero-order valence-electron chi connectivity index (χ0n) is 8.45. The number of nitrogens with one attached hydrogen (secondary N) is 1. The zero-order valence-corrected chi connectivity index (χ0v) is 8.45. The highest BCUT2D eigenvalue weighted by Crippen LogP contribution is 2.03. The summed E-state index contributed by atoms with van der Waals surface area (Å²) >= 11 is 0. The monoisotopic (exact) mass is 193 g/mol. The Hall–Kier alpha value is -1.35. The Morgan fingerprint density at radius 2 is 2.29 bits per heavy atom. The molecule has 0 spiro atoms. The van der Waals surface area contributed by atoms with Gasteiger partial charge >= 0.3 is 5.97 Å². The predicted octanol–water partition coefficient (Wildman–Crippen LogP) is 1.56. The molecule has 1 aromatic carbocycles. The third-order valence-electron chi connectivity index (χ3n) is 2.07. The van der Waals surface area contributed by atoms with E-state index in [4.69, 9.17) is 5.11 Å². The summed E-state index contributed by atoms with van der Waals surface area (Å²) in [6.07, 6.45) is 0. The first-order chi connectivity index (χ1) is 6.59. The van der Waals surface area contributed by atoms with Crippen molar-refractivity contribution in [3.05, 3.63) is 35.4 Å². The minimum absolute atomic E-state index is 0.504. The second kappa shape index (κ2) is 4.77. The first kappa shape index (κ1) is 10.7. The third kappa shape index (κ3) is 3.18. The number of hydrogen-bond acceptors (Lipinski definition) is 2. The summed E-state index contributed by atoms with van der Waals surface area (Å²) in [5, 5.41) is 11.6. The van der Waals surface area contributed by atoms with Crippen molar-refractivity contribution in [1.29, 1.82) is 0 Å². The molecule has 0 aliphatic heterocycles. The molecule has 0 radical (unpaired) electrons. The van der Waals surface area contributed by atoms with Crippen LogP contribution in [0.15, 0.2) is 24.3 Å². The van der Waals surface area contributed by atoms with Gasteiger partial charge in [0.15, 0.2) is 0 Å². The highest BCUT2D eigenvalue weighted by Gasteiger charge is 2.08. The van der Waals surface area contributed by atoms with E-state index in [0.717, 1.165) is 5.56 Å². The Morgan fingerprint density at radius 3 is 2.86 bits per heavy atom. The van der Waals surface area contributed by atoms with E-state index in [0.29, 0.717) is 6.54 Å². The number of carboxylic acids is 1. The van der Waals surface area contributed by atoms with E-state index in [1.54, 1.807) is 6.92 Å². The maximum atomic E-state index is 10.5. The van der Waals surface area contributed by atoms with E-state index >= 15 is 0 Å². The van der Waals surface area contributed by atoms with Gasteiger partial charge < -0.3 is 10.4 Å². The Labute approximate surface area is 83.8 Å². The molecular formula is C11H15NO2. The molecule has 0 aliphatic carbocycles. The van der Waals surface area contributed by atoms with Crippen molar-refractivity contribution in [2.24, 2.45) is 0 Å². The lowest BCUT2D eigenvalue weighted by molar-refractivity contribution is -0.139. The Bertz CT molecular complexity index is 323. The maximum Gasteiger partial charge on any atom is 0.320 e. The second-order valence-electron chi connectivity index (χ2n) is 3.43. The van der Waals surface area contributed by atoms with Crippen molar-refractivity contribution < 1.29 is 9.90 Å². The minimum Gasteiger partial charge on any atom is -0.480 e. The fourth-order valence-electron chi connectivity index (χ4n) is 1.18. The van der Waals surface area contributed by atoms with Gasteiger partial charge in [-0.2, -0.15) is 0 Å². The molecule has 0 heterocycles. The molecular weight excluding hydrogens is 178 g/mol. The number of hydrogen-bond donors (Lipinski definition) is 2. The standard InChI is InChI=1S/C11H15NO2/c1-8-4-3-5-10(6-8)7-12-9(2)11(13)14/h3-6,9,12H,7H2,1-2H3,(H,13,14).